The van der Waals surface area contributed by atoms with Crippen molar-refractivity contribution in [3.63, 3.8) is 0 Å². The normalized spacial score (nSPS) is 17.2. The van der Waals surface area contributed by atoms with Crippen LogP contribution in [0.5, 0.6) is 0 Å². The van der Waals surface area contributed by atoms with Gasteiger partial charge in [-0.05, 0) is 17.7 Å². The van der Waals surface area contributed by atoms with E-state index < -0.39 is 6.29 Å². The van der Waals surface area contributed by atoms with Gasteiger partial charge in [0.15, 0.2) is 0 Å². The minimum absolute atomic E-state index is 0.284. The lowest BCUT2D eigenvalue weighted by atomic mass is 10.1. The van der Waals surface area contributed by atoms with Gasteiger partial charge in [0.05, 0.1) is 11.2 Å². The third-order valence-corrected chi connectivity index (χ3v) is 3.72. The molecule has 0 bridgehead atoms. The largest absolute Gasteiger partial charge is 0.453 e. The molecule has 1 aromatic heterocycles. The predicted octanol–water partition coefficient (Wildman–Crippen LogP) is 3.54. The maximum Gasteiger partial charge on any atom is 0.269 e. The molecule has 1 atom stereocenters. The number of hydrogen-bond acceptors (Lipinski definition) is 4. The first kappa shape index (κ1) is 13.5. The summed E-state index contributed by atoms with van der Waals surface area (Å²) < 4.78 is 10.9. The number of H-pyrrole nitrogens is 1. The van der Waals surface area contributed by atoms with E-state index in [2.05, 4.69) is 10.2 Å². The molecule has 0 aliphatic carbocycles. The Hall–Kier alpha value is -3.21. The summed E-state index contributed by atoms with van der Waals surface area (Å²) in [5, 5.41) is 8.45. The number of rotatable bonds is 3. The molecule has 4 rings (SSSR count). The lowest BCUT2D eigenvalue weighted by Crippen LogP contribution is -2.04. The zero-order valence-electron chi connectivity index (χ0n) is 12.3. The van der Waals surface area contributed by atoms with E-state index in [1.165, 1.54) is 6.26 Å². The quantitative estimate of drug-likeness (QED) is 0.776. The average Bonchev–Trinajstić information content (AvgIpc) is 3.19. The summed E-state index contributed by atoms with van der Waals surface area (Å²) in [6.45, 7) is 0. The molecule has 1 aliphatic rings. The first-order valence-electron chi connectivity index (χ1n) is 7.29. The van der Waals surface area contributed by atoms with Crippen LogP contribution in [-0.2, 0) is 9.47 Å². The van der Waals surface area contributed by atoms with E-state index in [4.69, 9.17) is 15.2 Å². The van der Waals surface area contributed by atoms with E-state index in [0.717, 1.165) is 27.7 Å². The molecule has 0 radical (unpaired) electrons. The summed E-state index contributed by atoms with van der Waals surface area (Å²) in [7, 11) is 0. The van der Waals surface area contributed by atoms with Gasteiger partial charge in [-0.15, -0.1) is 0 Å². The number of para-hydroxylation sites is 1. The highest BCUT2D eigenvalue weighted by Crippen LogP contribution is 2.30. The lowest BCUT2D eigenvalue weighted by molar-refractivity contribution is -0.0343. The second-order valence-corrected chi connectivity index (χ2v) is 5.22. The lowest BCUT2D eigenvalue weighted by Gasteiger charge is -2.13. The summed E-state index contributed by atoms with van der Waals surface area (Å²) in [5.41, 5.74) is 9.42. The first-order valence-corrected chi connectivity index (χ1v) is 7.29. The molecule has 2 aromatic carbocycles. The van der Waals surface area contributed by atoms with Crippen LogP contribution in [0.2, 0.25) is 0 Å². The predicted molar refractivity (Wildman–Crippen MR) is 88.6 cm³/mol. The summed E-state index contributed by atoms with van der Waals surface area (Å²) in [6.07, 6.45) is 4.89. The monoisotopic (exact) mass is 305 g/mol. The van der Waals surface area contributed by atoms with E-state index >= 15 is 0 Å². The summed E-state index contributed by atoms with van der Waals surface area (Å²) in [5.74, 6) is 0.284. The van der Waals surface area contributed by atoms with Crippen molar-refractivity contribution >= 4 is 23.1 Å². The summed E-state index contributed by atoms with van der Waals surface area (Å²) in [4.78, 5) is 0. The number of nitrogens with two attached hydrogens (primary N) is 1. The molecule has 0 saturated heterocycles. The van der Waals surface area contributed by atoms with Gasteiger partial charge >= 0.3 is 0 Å². The van der Waals surface area contributed by atoms with E-state index in [0.29, 0.717) is 0 Å². The molecule has 0 spiro atoms. The maximum atomic E-state index is 5.61. The summed E-state index contributed by atoms with van der Waals surface area (Å²) >= 11 is 0. The van der Waals surface area contributed by atoms with E-state index in [9.17, 15) is 0 Å². The van der Waals surface area contributed by atoms with Crippen molar-refractivity contribution in [1.82, 2.24) is 10.2 Å². The smallest absolute Gasteiger partial charge is 0.269 e. The SMILES string of the molecule is NC1=COC(c2ccccc2C=Cc2n[nH]c3ccccc23)O1. The number of benzene rings is 2. The van der Waals surface area contributed by atoms with E-state index in [1.54, 1.807) is 0 Å². The van der Waals surface area contributed by atoms with Crippen molar-refractivity contribution < 1.29 is 9.47 Å². The summed E-state index contributed by atoms with van der Waals surface area (Å²) in [6, 6.07) is 15.9. The van der Waals surface area contributed by atoms with Crippen molar-refractivity contribution in [2.75, 3.05) is 0 Å². The Morgan fingerprint density at radius 1 is 1.04 bits per heavy atom. The van der Waals surface area contributed by atoms with Gasteiger partial charge in [-0.25, -0.2) is 0 Å². The average molecular weight is 305 g/mol. The molecule has 114 valence electrons. The van der Waals surface area contributed by atoms with Gasteiger partial charge in [0.1, 0.15) is 6.26 Å². The number of aromatic nitrogens is 2. The fraction of sp³-hybridized carbons (Fsp3) is 0.0556. The molecule has 23 heavy (non-hydrogen) atoms. The minimum atomic E-state index is -0.508. The third-order valence-electron chi connectivity index (χ3n) is 3.72. The molecule has 2 heterocycles. The maximum absolute atomic E-state index is 5.61. The third kappa shape index (κ3) is 2.53. The number of ether oxygens (including phenoxy) is 2. The van der Waals surface area contributed by atoms with Gasteiger partial charge in [-0.1, -0.05) is 48.5 Å². The first-order chi connectivity index (χ1) is 11.3. The number of fused-ring (bicyclic) bond motifs is 1. The van der Waals surface area contributed by atoms with Crippen LogP contribution in [0, 0.1) is 0 Å². The van der Waals surface area contributed by atoms with Gasteiger partial charge in [-0.2, -0.15) is 5.10 Å². The van der Waals surface area contributed by atoms with E-state index in [1.807, 2.05) is 60.7 Å². The fourth-order valence-corrected chi connectivity index (χ4v) is 2.60. The topological polar surface area (TPSA) is 73.2 Å². The number of aromatic amines is 1. The van der Waals surface area contributed by atoms with Gasteiger partial charge in [0, 0.05) is 10.9 Å². The Morgan fingerprint density at radius 2 is 1.87 bits per heavy atom. The van der Waals surface area contributed by atoms with Gasteiger partial charge in [0.2, 0.25) is 5.88 Å². The molecule has 3 aromatic rings. The molecule has 5 nitrogen and oxygen atoms in total. The Kier molecular flexibility index (Phi) is 3.24. The van der Waals surface area contributed by atoms with Crippen molar-refractivity contribution in [1.29, 1.82) is 0 Å². The molecule has 0 fully saturated rings. The van der Waals surface area contributed by atoms with Crippen molar-refractivity contribution in [2.24, 2.45) is 5.73 Å². The van der Waals surface area contributed by atoms with Crippen LogP contribution in [-0.4, -0.2) is 10.2 Å². The number of nitrogens with one attached hydrogen (secondary N) is 1. The van der Waals surface area contributed by atoms with Crippen molar-refractivity contribution in [3.8, 4) is 0 Å². The minimum Gasteiger partial charge on any atom is -0.453 e. The van der Waals surface area contributed by atoms with Crippen LogP contribution in [0.25, 0.3) is 23.1 Å². The van der Waals surface area contributed by atoms with Crippen LogP contribution in [0.4, 0.5) is 0 Å². The molecule has 0 saturated carbocycles. The van der Waals surface area contributed by atoms with Crippen molar-refractivity contribution in [2.45, 2.75) is 6.29 Å². The molecular weight excluding hydrogens is 290 g/mol. The molecule has 1 unspecified atom stereocenters. The van der Waals surface area contributed by atoms with Crippen LogP contribution in [0.1, 0.15) is 23.1 Å². The molecule has 5 heteroatoms. The highest BCUT2D eigenvalue weighted by atomic mass is 16.7. The second-order valence-electron chi connectivity index (χ2n) is 5.22. The molecule has 3 N–H and O–H groups in total. The number of hydrogen-bond donors (Lipinski definition) is 2. The highest BCUT2D eigenvalue weighted by Gasteiger charge is 2.21. The fourth-order valence-electron chi connectivity index (χ4n) is 2.60. The van der Waals surface area contributed by atoms with Gasteiger partial charge in [-0.3, -0.25) is 5.10 Å². The zero-order valence-corrected chi connectivity index (χ0v) is 12.3. The van der Waals surface area contributed by atoms with E-state index in [-0.39, 0.29) is 5.88 Å². The van der Waals surface area contributed by atoms with Crippen LogP contribution in [0.3, 0.4) is 0 Å². The molecular formula is C18H15N3O2. The second kappa shape index (κ2) is 5.53. The van der Waals surface area contributed by atoms with Crippen molar-refractivity contribution in [3.05, 3.63) is 77.5 Å². The molecule has 1 aliphatic heterocycles. The van der Waals surface area contributed by atoms with Crippen LogP contribution >= 0.6 is 0 Å². The Morgan fingerprint density at radius 3 is 2.74 bits per heavy atom. The highest BCUT2D eigenvalue weighted by molar-refractivity contribution is 5.89. The Labute approximate surface area is 133 Å². The Balaban J connectivity index is 1.66. The molecule has 0 amide bonds. The van der Waals surface area contributed by atoms with Crippen LogP contribution < -0.4 is 5.73 Å². The van der Waals surface area contributed by atoms with Crippen LogP contribution in [0.15, 0.2) is 60.7 Å². The van der Waals surface area contributed by atoms with Gasteiger partial charge < -0.3 is 15.2 Å². The zero-order chi connectivity index (χ0) is 15.6. The Bertz CT molecular complexity index is 911. The van der Waals surface area contributed by atoms with Gasteiger partial charge in [0.25, 0.3) is 6.29 Å². The number of nitrogens with zero attached hydrogens (tertiary/aromatic N) is 1. The standard InChI is InChI=1S/C18H15N3O2/c19-17-11-22-18(23-17)13-6-2-1-5-12(13)9-10-16-14-7-3-4-8-15(14)20-21-16/h1-11,18H,19H2,(H,20,21).